The van der Waals surface area contributed by atoms with Gasteiger partial charge in [0.25, 0.3) is 0 Å². The Labute approximate surface area is 204 Å². The molecule has 9 nitrogen and oxygen atoms in total. The Morgan fingerprint density at radius 3 is 2.94 bits per heavy atom. The van der Waals surface area contributed by atoms with Gasteiger partial charge < -0.3 is 14.7 Å². The fraction of sp³-hybridized carbons (Fsp3) is 0.429. The second-order valence-electron chi connectivity index (χ2n) is 7.93. The maximum Gasteiger partial charge on any atom is 0.409 e. The minimum absolute atomic E-state index is 0.128. The number of halogens is 1. The number of rotatable bonds is 6. The first-order valence-corrected chi connectivity index (χ1v) is 12.5. The van der Waals surface area contributed by atoms with Gasteiger partial charge in [0, 0.05) is 42.2 Å². The van der Waals surface area contributed by atoms with Crippen molar-refractivity contribution in [2.75, 3.05) is 42.7 Å². The zero-order valence-electron chi connectivity index (χ0n) is 17.9. The number of thioether (sulfide) groups is 1. The van der Waals surface area contributed by atoms with Crippen LogP contribution in [0.1, 0.15) is 24.8 Å². The molecule has 1 atom stereocenters. The van der Waals surface area contributed by atoms with E-state index in [1.54, 1.807) is 22.1 Å². The minimum Gasteiger partial charge on any atom is -0.481 e. The highest BCUT2D eigenvalue weighted by Gasteiger charge is 2.50. The molecular weight excluding hydrogens is 488 g/mol. The van der Waals surface area contributed by atoms with Crippen molar-refractivity contribution < 1.29 is 24.2 Å². The minimum atomic E-state index is -0.810. The zero-order valence-corrected chi connectivity index (χ0v) is 20.3. The topological polar surface area (TPSA) is 112 Å². The Morgan fingerprint density at radius 1 is 1.36 bits per heavy atom. The van der Waals surface area contributed by atoms with Crippen molar-refractivity contribution in [3.05, 3.63) is 35.0 Å². The number of fused-ring (bicyclic) bond motifs is 2. The van der Waals surface area contributed by atoms with Crippen LogP contribution < -0.4 is 10.2 Å². The van der Waals surface area contributed by atoms with Gasteiger partial charge in [-0.2, -0.15) is 0 Å². The number of nitrogens with zero attached hydrogens (tertiary/aromatic N) is 3. The molecule has 176 valence electrons. The maximum absolute atomic E-state index is 13.2. The third kappa shape index (κ3) is 5.04. The van der Waals surface area contributed by atoms with Crippen molar-refractivity contribution >= 4 is 63.6 Å². The molecule has 12 heteroatoms. The molecule has 3 heterocycles. The normalized spacial score (nSPS) is 19.1. The first kappa shape index (κ1) is 23.7. The van der Waals surface area contributed by atoms with Crippen molar-refractivity contribution in [3.63, 3.8) is 0 Å². The largest absolute Gasteiger partial charge is 0.481 e. The summed E-state index contributed by atoms with van der Waals surface area (Å²) >= 11 is 9.14. The lowest BCUT2D eigenvalue weighted by molar-refractivity contribution is -0.137. The summed E-state index contributed by atoms with van der Waals surface area (Å²) < 4.78 is 5.79. The van der Waals surface area contributed by atoms with Gasteiger partial charge >= 0.3 is 18.1 Å². The number of thiazole rings is 1. The summed E-state index contributed by atoms with van der Waals surface area (Å²) in [6.07, 6.45) is 2.69. The van der Waals surface area contributed by atoms with E-state index in [1.807, 2.05) is 12.1 Å². The van der Waals surface area contributed by atoms with E-state index in [-0.39, 0.29) is 18.5 Å². The van der Waals surface area contributed by atoms with Gasteiger partial charge in [0.05, 0.1) is 17.5 Å². The summed E-state index contributed by atoms with van der Waals surface area (Å²) in [5.74, 6) is -0.142. The summed E-state index contributed by atoms with van der Waals surface area (Å²) in [5.41, 5.74) is 1.31. The number of anilines is 2. The van der Waals surface area contributed by atoms with Crippen LogP contribution in [0.3, 0.4) is 0 Å². The molecule has 1 aromatic heterocycles. The number of nitrogens with one attached hydrogen (secondary N) is 1. The van der Waals surface area contributed by atoms with Gasteiger partial charge in [-0.15, -0.1) is 11.8 Å². The van der Waals surface area contributed by atoms with E-state index in [1.165, 1.54) is 30.2 Å². The van der Waals surface area contributed by atoms with Crippen molar-refractivity contribution in [2.24, 2.45) is 0 Å². The third-order valence-electron chi connectivity index (χ3n) is 5.79. The molecule has 4 rings (SSSR count). The van der Waals surface area contributed by atoms with Crippen LogP contribution in [0, 0.1) is 0 Å². The summed E-state index contributed by atoms with van der Waals surface area (Å²) in [7, 11) is 1.36. The van der Waals surface area contributed by atoms with Gasteiger partial charge in [0.2, 0.25) is 0 Å². The van der Waals surface area contributed by atoms with Crippen LogP contribution in [-0.4, -0.2) is 65.6 Å². The van der Waals surface area contributed by atoms with E-state index in [0.29, 0.717) is 48.4 Å². The molecule has 0 radical (unpaired) electrons. The lowest BCUT2D eigenvalue weighted by Gasteiger charge is -2.25. The molecular formula is C21H23ClN4O5S2. The van der Waals surface area contributed by atoms with Gasteiger partial charge in [0.15, 0.2) is 5.13 Å². The monoisotopic (exact) mass is 510 g/mol. The molecule has 0 saturated carbocycles. The van der Waals surface area contributed by atoms with E-state index >= 15 is 0 Å². The summed E-state index contributed by atoms with van der Waals surface area (Å²) in [6, 6.07) is 5.16. The molecule has 2 aliphatic heterocycles. The average Bonchev–Trinajstić information content (AvgIpc) is 3.49. The molecule has 1 aromatic carbocycles. The second kappa shape index (κ2) is 9.78. The SMILES string of the molecule is COC(=O)N1CCC2(C1)CN(C(=O)Nc1ncc(SCCCC(=O)O)s1)c1ccc(Cl)cc12. The predicted octanol–water partition coefficient (Wildman–Crippen LogP) is 4.52. The standard InChI is InChI=1S/C21H23ClN4O5S2/c1-31-20(30)25-7-6-21(11-25)12-26(15-5-4-13(22)9-14(15)21)19(29)24-18-23-10-17(33-18)32-8-2-3-16(27)28/h4-5,9-10H,2-3,6-8,11-12H2,1H3,(H,27,28)(H,23,24,29). The maximum atomic E-state index is 13.2. The fourth-order valence-corrected chi connectivity index (χ4v) is 6.32. The van der Waals surface area contributed by atoms with E-state index in [0.717, 1.165) is 15.5 Å². The molecule has 0 bridgehead atoms. The number of carboxylic acid groups (broad SMARTS) is 1. The average molecular weight is 511 g/mol. The number of urea groups is 1. The number of aromatic nitrogens is 1. The number of methoxy groups -OCH3 is 1. The van der Waals surface area contributed by atoms with Crippen LogP contribution in [0.2, 0.25) is 5.02 Å². The molecule has 1 spiro atoms. The number of ether oxygens (including phenoxy) is 1. The Morgan fingerprint density at radius 2 is 2.18 bits per heavy atom. The first-order chi connectivity index (χ1) is 15.8. The first-order valence-electron chi connectivity index (χ1n) is 10.3. The van der Waals surface area contributed by atoms with E-state index < -0.39 is 11.4 Å². The molecule has 33 heavy (non-hydrogen) atoms. The van der Waals surface area contributed by atoms with Crippen molar-refractivity contribution in [2.45, 2.75) is 28.9 Å². The van der Waals surface area contributed by atoms with Crippen molar-refractivity contribution in [1.29, 1.82) is 0 Å². The number of hydrogen-bond donors (Lipinski definition) is 2. The molecule has 1 saturated heterocycles. The smallest absolute Gasteiger partial charge is 0.409 e. The molecule has 2 aliphatic rings. The number of carbonyl (C=O) groups excluding carboxylic acids is 2. The van der Waals surface area contributed by atoms with Gasteiger partial charge in [-0.1, -0.05) is 22.9 Å². The third-order valence-corrected chi connectivity index (χ3v) is 8.22. The number of carbonyl (C=O) groups is 3. The van der Waals surface area contributed by atoms with E-state index in [9.17, 15) is 14.4 Å². The number of carboxylic acids is 1. The second-order valence-corrected chi connectivity index (χ2v) is 10.8. The number of likely N-dealkylation sites (tertiary alicyclic amines) is 1. The van der Waals surface area contributed by atoms with Gasteiger partial charge in [-0.25, -0.2) is 14.6 Å². The molecule has 1 fully saturated rings. The van der Waals surface area contributed by atoms with Crippen LogP contribution in [-0.2, 0) is 14.9 Å². The lowest BCUT2D eigenvalue weighted by Crippen LogP contribution is -2.41. The Hall–Kier alpha value is -2.50. The summed E-state index contributed by atoms with van der Waals surface area (Å²) in [4.78, 5) is 43.5. The fourth-order valence-electron chi connectivity index (χ4n) is 4.27. The van der Waals surface area contributed by atoms with E-state index in [4.69, 9.17) is 21.4 Å². The number of hydrogen-bond acceptors (Lipinski definition) is 7. The number of benzene rings is 1. The van der Waals surface area contributed by atoms with Gasteiger partial charge in [-0.3, -0.25) is 15.0 Å². The number of aliphatic carboxylic acids is 1. The Kier molecular flexibility index (Phi) is 7.01. The van der Waals surface area contributed by atoms with Gasteiger partial charge in [0.1, 0.15) is 0 Å². The molecule has 1 unspecified atom stereocenters. The number of amides is 3. The summed E-state index contributed by atoms with van der Waals surface area (Å²) in [6.45, 7) is 1.42. The highest BCUT2D eigenvalue weighted by molar-refractivity contribution is 8.01. The molecule has 0 aliphatic carbocycles. The van der Waals surface area contributed by atoms with Crippen LogP contribution in [0.15, 0.2) is 28.6 Å². The highest BCUT2D eigenvalue weighted by atomic mass is 35.5. The predicted molar refractivity (Wildman–Crippen MR) is 128 cm³/mol. The van der Waals surface area contributed by atoms with Crippen LogP contribution in [0.5, 0.6) is 0 Å². The van der Waals surface area contributed by atoms with Crippen molar-refractivity contribution in [1.82, 2.24) is 9.88 Å². The van der Waals surface area contributed by atoms with Gasteiger partial charge in [-0.05, 0) is 42.4 Å². The van der Waals surface area contributed by atoms with Crippen LogP contribution in [0.25, 0.3) is 0 Å². The van der Waals surface area contributed by atoms with Crippen LogP contribution >= 0.6 is 34.7 Å². The highest BCUT2D eigenvalue weighted by Crippen LogP contribution is 2.47. The zero-order chi connectivity index (χ0) is 23.6. The quantitative estimate of drug-likeness (QED) is 0.434. The van der Waals surface area contributed by atoms with Crippen LogP contribution in [0.4, 0.5) is 20.4 Å². The Bertz CT molecular complexity index is 1080. The Balaban J connectivity index is 1.46. The van der Waals surface area contributed by atoms with Crippen molar-refractivity contribution in [3.8, 4) is 0 Å². The molecule has 2 N–H and O–H groups in total. The van der Waals surface area contributed by atoms with E-state index in [2.05, 4.69) is 10.3 Å². The lowest BCUT2D eigenvalue weighted by atomic mass is 9.81. The molecule has 3 amide bonds. The molecule has 2 aromatic rings. The summed E-state index contributed by atoms with van der Waals surface area (Å²) in [5, 5.41) is 12.7.